The summed E-state index contributed by atoms with van der Waals surface area (Å²) in [6, 6.07) is 0.0515. The molecule has 8 heteroatoms. The summed E-state index contributed by atoms with van der Waals surface area (Å²) in [6.45, 7) is 5.71. The van der Waals surface area contributed by atoms with E-state index >= 15 is 0 Å². The van der Waals surface area contributed by atoms with Crippen molar-refractivity contribution >= 4 is 35.8 Å². The third kappa shape index (κ3) is 6.07. The molecule has 7 nitrogen and oxygen atoms in total. The first-order valence-corrected chi connectivity index (χ1v) is 8.17. The van der Waals surface area contributed by atoms with E-state index in [-0.39, 0.29) is 35.9 Å². The molecule has 2 N–H and O–H groups in total. The van der Waals surface area contributed by atoms with Crippen molar-refractivity contribution in [2.75, 3.05) is 60.0 Å². The number of ether oxygens (including phenoxy) is 1. The van der Waals surface area contributed by atoms with Crippen LogP contribution >= 0.6 is 24.0 Å². The Labute approximate surface area is 156 Å². The lowest BCUT2D eigenvalue weighted by molar-refractivity contribution is -0.133. The fraction of sp³-hybridized carbons (Fsp3) is 0.867. The summed E-state index contributed by atoms with van der Waals surface area (Å²) in [7, 11) is 3.65. The van der Waals surface area contributed by atoms with Crippen LogP contribution in [-0.2, 0) is 9.53 Å². The van der Waals surface area contributed by atoms with Crippen LogP contribution in [0.3, 0.4) is 0 Å². The van der Waals surface area contributed by atoms with E-state index in [4.69, 9.17) is 10.5 Å². The minimum atomic E-state index is 0. The predicted octanol–water partition coefficient (Wildman–Crippen LogP) is 0.194. The third-order valence-corrected chi connectivity index (χ3v) is 4.30. The number of hydrogen-bond acceptors (Lipinski definition) is 4. The molecule has 0 spiro atoms. The Morgan fingerprint density at radius 2 is 2.00 bits per heavy atom. The molecule has 2 aliphatic heterocycles. The molecule has 2 heterocycles. The molecule has 2 saturated heterocycles. The quantitative estimate of drug-likeness (QED) is 0.287. The molecular formula is C15H30IN5O2. The largest absolute Gasteiger partial charge is 0.378 e. The molecule has 0 aromatic heterocycles. The van der Waals surface area contributed by atoms with E-state index in [1.54, 1.807) is 4.90 Å². The van der Waals surface area contributed by atoms with Crippen molar-refractivity contribution in [3.63, 3.8) is 0 Å². The molecule has 23 heavy (non-hydrogen) atoms. The summed E-state index contributed by atoms with van der Waals surface area (Å²) in [4.78, 5) is 22.6. The normalized spacial score (nSPS) is 22.8. The van der Waals surface area contributed by atoms with Crippen molar-refractivity contribution in [3.8, 4) is 0 Å². The van der Waals surface area contributed by atoms with Crippen LogP contribution in [0.1, 0.15) is 19.3 Å². The molecule has 0 aromatic carbocycles. The maximum absolute atomic E-state index is 12.1. The Kier molecular flexibility index (Phi) is 9.15. The van der Waals surface area contributed by atoms with Crippen LogP contribution in [0, 0.1) is 0 Å². The van der Waals surface area contributed by atoms with Gasteiger partial charge in [0.25, 0.3) is 0 Å². The second-order valence-corrected chi connectivity index (χ2v) is 6.12. The minimum Gasteiger partial charge on any atom is -0.378 e. The summed E-state index contributed by atoms with van der Waals surface area (Å²) in [6.07, 6.45) is 3.00. The van der Waals surface area contributed by atoms with Crippen LogP contribution in [0.25, 0.3) is 0 Å². The second-order valence-electron chi connectivity index (χ2n) is 6.12. The lowest BCUT2D eigenvalue weighted by Crippen LogP contribution is -2.45. The number of nitrogens with two attached hydrogens (primary N) is 1. The average Bonchev–Trinajstić information content (AvgIpc) is 2.99. The average molecular weight is 439 g/mol. The van der Waals surface area contributed by atoms with E-state index in [2.05, 4.69) is 14.8 Å². The van der Waals surface area contributed by atoms with E-state index < -0.39 is 0 Å². The van der Waals surface area contributed by atoms with Crippen molar-refractivity contribution in [2.45, 2.75) is 25.3 Å². The zero-order valence-electron chi connectivity index (χ0n) is 14.2. The number of morpholine rings is 1. The van der Waals surface area contributed by atoms with Gasteiger partial charge in [-0.1, -0.05) is 0 Å². The van der Waals surface area contributed by atoms with Gasteiger partial charge >= 0.3 is 0 Å². The van der Waals surface area contributed by atoms with Crippen LogP contribution in [0.5, 0.6) is 0 Å². The standard InChI is InChI=1S/C15H29N5O2.HI/c1-18(2)14(21)13-5-3-7-19(13)8-4-6-17-15(16)20-9-11-22-12-10-20;/h13H,3-12H2,1-2H3,(H2,16,17);1H. The van der Waals surface area contributed by atoms with Crippen molar-refractivity contribution in [1.82, 2.24) is 14.7 Å². The van der Waals surface area contributed by atoms with Crippen molar-refractivity contribution in [2.24, 2.45) is 10.7 Å². The van der Waals surface area contributed by atoms with Gasteiger partial charge in [-0.25, -0.2) is 0 Å². The van der Waals surface area contributed by atoms with Gasteiger partial charge in [0.1, 0.15) is 0 Å². The molecule has 0 bridgehead atoms. The zero-order valence-corrected chi connectivity index (χ0v) is 16.6. The summed E-state index contributed by atoms with van der Waals surface area (Å²) >= 11 is 0. The first kappa shape index (κ1) is 20.4. The fourth-order valence-corrected chi connectivity index (χ4v) is 3.03. The van der Waals surface area contributed by atoms with Gasteiger partial charge in [-0.2, -0.15) is 0 Å². The SMILES string of the molecule is CN(C)C(=O)C1CCCN1CCCN=C(N)N1CCOCC1.I. The van der Waals surface area contributed by atoms with Crippen LogP contribution in [0.2, 0.25) is 0 Å². The predicted molar refractivity (Wildman–Crippen MR) is 102 cm³/mol. The third-order valence-electron chi connectivity index (χ3n) is 4.30. The molecule has 1 amide bonds. The lowest BCUT2D eigenvalue weighted by Gasteiger charge is -2.28. The molecule has 0 saturated carbocycles. The monoisotopic (exact) mass is 439 g/mol. The maximum atomic E-state index is 12.1. The van der Waals surface area contributed by atoms with Crippen LogP contribution in [0.15, 0.2) is 4.99 Å². The van der Waals surface area contributed by atoms with Gasteiger partial charge in [0, 0.05) is 40.3 Å². The number of rotatable bonds is 5. The lowest BCUT2D eigenvalue weighted by atomic mass is 10.2. The number of likely N-dealkylation sites (N-methyl/N-ethyl adjacent to an activating group) is 1. The van der Waals surface area contributed by atoms with Gasteiger partial charge in [0.2, 0.25) is 5.91 Å². The van der Waals surface area contributed by atoms with E-state index in [1.165, 1.54) is 0 Å². The Bertz CT molecular complexity index is 399. The molecular weight excluding hydrogens is 409 g/mol. The smallest absolute Gasteiger partial charge is 0.239 e. The Hall–Kier alpha value is -0.610. The highest BCUT2D eigenvalue weighted by atomic mass is 127. The molecule has 2 aliphatic rings. The number of carbonyl (C=O) groups is 1. The van der Waals surface area contributed by atoms with Gasteiger partial charge in [-0.15, -0.1) is 24.0 Å². The molecule has 0 aromatic rings. The number of hydrogen-bond donors (Lipinski definition) is 1. The van der Waals surface area contributed by atoms with Gasteiger partial charge in [-0.05, 0) is 25.8 Å². The van der Waals surface area contributed by atoms with E-state index in [0.29, 0.717) is 12.5 Å². The van der Waals surface area contributed by atoms with Gasteiger partial charge in [0.15, 0.2) is 5.96 Å². The number of halogens is 1. The van der Waals surface area contributed by atoms with Gasteiger partial charge < -0.3 is 20.3 Å². The highest BCUT2D eigenvalue weighted by molar-refractivity contribution is 14.0. The van der Waals surface area contributed by atoms with Crippen molar-refractivity contribution in [1.29, 1.82) is 0 Å². The number of guanidine groups is 1. The number of aliphatic imine (C=N–C) groups is 1. The molecule has 1 atom stereocenters. The Morgan fingerprint density at radius 3 is 2.65 bits per heavy atom. The molecule has 134 valence electrons. The molecule has 0 aliphatic carbocycles. The van der Waals surface area contributed by atoms with E-state index in [1.807, 2.05) is 14.1 Å². The van der Waals surface area contributed by atoms with Gasteiger partial charge in [-0.3, -0.25) is 14.7 Å². The summed E-state index contributed by atoms with van der Waals surface area (Å²) in [5.74, 6) is 0.833. The van der Waals surface area contributed by atoms with Crippen LogP contribution in [-0.4, -0.2) is 92.6 Å². The Balaban J connectivity index is 0.00000264. The number of amides is 1. The highest BCUT2D eigenvalue weighted by Crippen LogP contribution is 2.18. The van der Waals surface area contributed by atoms with E-state index in [0.717, 1.165) is 58.7 Å². The topological polar surface area (TPSA) is 74.4 Å². The maximum Gasteiger partial charge on any atom is 0.239 e. The summed E-state index contributed by atoms with van der Waals surface area (Å²) in [5.41, 5.74) is 6.00. The van der Waals surface area contributed by atoms with Crippen LogP contribution in [0.4, 0.5) is 0 Å². The highest BCUT2D eigenvalue weighted by Gasteiger charge is 2.30. The van der Waals surface area contributed by atoms with Gasteiger partial charge in [0.05, 0.1) is 19.3 Å². The zero-order chi connectivity index (χ0) is 15.9. The number of nitrogens with zero attached hydrogens (tertiary/aromatic N) is 4. The first-order valence-electron chi connectivity index (χ1n) is 8.17. The fourth-order valence-electron chi connectivity index (χ4n) is 3.03. The summed E-state index contributed by atoms with van der Waals surface area (Å²) in [5, 5.41) is 0. The first-order chi connectivity index (χ1) is 10.6. The molecule has 0 radical (unpaired) electrons. The van der Waals surface area contributed by atoms with Crippen molar-refractivity contribution < 1.29 is 9.53 Å². The summed E-state index contributed by atoms with van der Waals surface area (Å²) < 4.78 is 5.30. The molecule has 2 rings (SSSR count). The van der Waals surface area contributed by atoms with Crippen molar-refractivity contribution in [3.05, 3.63) is 0 Å². The number of likely N-dealkylation sites (tertiary alicyclic amines) is 1. The second kappa shape index (κ2) is 10.3. The van der Waals surface area contributed by atoms with Crippen LogP contribution < -0.4 is 5.73 Å². The van der Waals surface area contributed by atoms with E-state index in [9.17, 15) is 4.79 Å². The molecule has 1 unspecified atom stereocenters. The number of carbonyl (C=O) groups excluding carboxylic acids is 1. The Morgan fingerprint density at radius 1 is 1.30 bits per heavy atom. The minimum absolute atomic E-state index is 0. The molecule has 2 fully saturated rings.